The second kappa shape index (κ2) is 16.1. The van der Waals surface area contributed by atoms with Gasteiger partial charge < -0.3 is 14.2 Å². The number of hydrogen-bond acceptors (Lipinski definition) is 7. The van der Waals surface area contributed by atoms with Gasteiger partial charge in [0.1, 0.15) is 12.2 Å². The maximum absolute atomic E-state index is 12.3. The SMILES string of the molecule is CCCCCCCCCOC(=O)O[C@@H](C)[N+]1(C)CCC=C(c2nsnc2OCCCCCC)C1. The topological polar surface area (TPSA) is 70.5 Å². The molecule has 0 aliphatic carbocycles. The van der Waals surface area contributed by atoms with E-state index in [9.17, 15) is 4.79 Å². The summed E-state index contributed by atoms with van der Waals surface area (Å²) in [7, 11) is 2.12. The van der Waals surface area contributed by atoms with Gasteiger partial charge in [-0.3, -0.25) is 4.48 Å². The Morgan fingerprint density at radius 2 is 1.65 bits per heavy atom. The summed E-state index contributed by atoms with van der Waals surface area (Å²) in [6.45, 7) is 9.07. The van der Waals surface area contributed by atoms with Gasteiger partial charge in [-0.05, 0) is 12.8 Å². The number of unbranched alkanes of at least 4 members (excludes halogenated alkanes) is 9. The largest absolute Gasteiger partial charge is 0.512 e. The van der Waals surface area contributed by atoms with Crippen LogP contribution in [0.3, 0.4) is 0 Å². The second-order valence-electron chi connectivity index (χ2n) is 9.64. The zero-order valence-electron chi connectivity index (χ0n) is 21.9. The second-order valence-corrected chi connectivity index (χ2v) is 10.2. The van der Waals surface area contributed by atoms with Crippen LogP contribution in [0.4, 0.5) is 4.79 Å². The summed E-state index contributed by atoms with van der Waals surface area (Å²) in [6.07, 6.45) is 15.2. The smallest absolute Gasteiger partial charge is 0.475 e. The van der Waals surface area contributed by atoms with E-state index >= 15 is 0 Å². The van der Waals surface area contributed by atoms with E-state index in [-0.39, 0.29) is 6.23 Å². The molecule has 1 unspecified atom stereocenters. The molecule has 1 aromatic rings. The summed E-state index contributed by atoms with van der Waals surface area (Å²) in [5.41, 5.74) is 1.94. The Labute approximate surface area is 210 Å². The normalized spacial score (nSPS) is 18.9. The molecule has 1 aromatic heterocycles. The average Bonchev–Trinajstić information content (AvgIpc) is 3.29. The highest BCUT2D eigenvalue weighted by Gasteiger charge is 2.37. The summed E-state index contributed by atoms with van der Waals surface area (Å²) in [5, 5.41) is 0. The lowest BCUT2D eigenvalue weighted by molar-refractivity contribution is -0.944. The van der Waals surface area contributed by atoms with E-state index in [1.165, 1.54) is 63.1 Å². The minimum atomic E-state index is -0.569. The minimum Gasteiger partial charge on any atom is -0.475 e. The van der Waals surface area contributed by atoms with E-state index in [2.05, 4.69) is 35.7 Å². The van der Waals surface area contributed by atoms with Crippen molar-refractivity contribution in [2.45, 2.75) is 104 Å². The Morgan fingerprint density at radius 3 is 2.38 bits per heavy atom. The number of ether oxygens (including phenoxy) is 3. The van der Waals surface area contributed by atoms with Crippen LogP contribution < -0.4 is 4.74 Å². The van der Waals surface area contributed by atoms with Crippen molar-refractivity contribution in [2.24, 2.45) is 0 Å². The first-order valence-electron chi connectivity index (χ1n) is 13.3. The lowest BCUT2D eigenvalue weighted by Gasteiger charge is -2.41. The van der Waals surface area contributed by atoms with Crippen LogP contribution in [0.5, 0.6) is 5.88 Å². The van der Waals surface area contributed by atoms with Gasteiger partial charge in [0, 0.05) is 18.9 Å². The van der Waals surface area contributed by atoms with E-state index in [1.807, 2.05) is 6.92 Å². The van der Waals surface area contributed by atoms with Crippen LogP contribution in [-0.4, -0.2) is 59.0 Å². The molecule has 0 spiro atoms. The lowest BCUT2D eigenvalue weighted by Crippen LogP contribution is -2.55. The fourth-order valence-corrected chi connectivity index (χ4v) is 4.76. The van der Waals surface area contributed by atoms with Crippen LogP contribution in [0.15, 0.2) is 6.08 Å². The van der Waals surface area contributed by atoms with E-state index in [0.717, 1.165) is 43.5 Å². The molecule has 0 bridgehead atoms. The quantitative estimate of drug-likeness (QED) is 0.132. The third kappa shape index (κ3) is 9.90. The van der Waals surface area contributed by atoms with Crippen LogP contribution in [0.2, 0.25) is 0 Å². The highest BCUT2D eigenvalue weighted by molar-refractivity contribution is 6.99. The average molecular weight is 497 g/mol. The van der Waals surface area contributed by atoms with Crippen molar-refractivity contribution in [3.63, 3.8) is 0 Å². The summed E-state index contributed by atoms with van der Waals surface area (Å²) < 4.78 is 26.4. The maximum Gasteiger partial charge on any atom is 0.512 e. The molecule has 0 saturated heterocycles. The predicted octanol–water partition coefficient (Wildman–Crippen LogP) is 6.98. The Morgan fingerprint density at radius 1 is 1.00 bits per heavy atom. The molecular formula is C26H46N3O4S+. The van der Waals surface area contributed by atoms with Gasteiger partial charge in [-0.25, -0.2) is 4.79 Å². The summed E-state index contributed by atoms with van der Waals surface area (Å²) in [4.78, 5) is 12.3. The van der Waals surface area contributed by atoms with Crippen molar-refractivity contribution < 1.29 is 23.5 Å². The molecule has 0 radical (unpaired) electrons. The third-order valence-corrected chi connectivity index (χ3v) is 7.19. The molecule has 1 aliphatic rings. The van der Waals surface area contributed by atoms with Crippen molar-refractivity contribution in [3.05, 3.63) is 11.8 Å². The van der Waals surface area contributed by atoms with E-state index < -0.39 is 6.16 Å². The first kappa shape index (κ1) is 28.6. The van der Waals surface area contributed by atoms with Gasteiger partial charge in [0.05, 0.1) is 38.5 Å². The number of carbonyl (C=O) groups excluding carboxylic acids is 1. The maximum atomic E-state index is 12.3. The Hall–Kier alpha value is -1.67. The van der Waals surface area contributed by atoms with Gasteiger partial charge in [-0.15, -0.1) is 4.37 Å². The summed E-state index contributed by atoms with van der Waals surface area (Å²) >= 11 is 1.19. The van der Waals surface area contributed by atoms with Crippen molar-refractivity contribution in [2.75, 3.05) is 33.4 Å². The fourth-order valence-electron chi connectivity index (χ4n) is 4.23. The number of hydrogen-bond donors (Lipinski definition) is 0. The zero-order chi connectivity index (χ0) is 24.7. The minimum absolute atomic E-state index is 0.310. The monoisotopic (exact) mass is 496 g/mol. The third-order valence-electron chi connectivity index (χ3n) is 6.67. The molecule has 0 N–H and O–H groups in total. The van der Waals surface area contributed by atoms with Crippen LogP contribution in [0.1, 0.15) is 104 Å². The molecule has 0 saturated carbocycles. The highest BCUT2D eigenvalue weighted by atomic mass is 32.1. The van der Waals surface area contributed by atoms with Gasteiger partial charge in [0.15, 0.2) is 0 Å². The number of carbonyl (C=O) groups is 1. The number of nitrogens with zero attached hydrogens (tertiary/aromatic N) is 3. The van der Waals surface area contributed by atoms with Crippen LogP contribution in [-0.2, 0) is 9.47 Å². The number of likely N-dealkylation sites (N-methyl/N-ethyl adjacent to an activating group) is 1. The van der Waals surface area contributed by atoms with E-state index in [1.54, 1.807) is 0 Å². The number of rotatable bonds is 17. The lowest BCUT2D eigenvalue weighted by atomic mass is 10.0. The van der Waals surface area contributed by atoms with Crippen molar-refractivity contribution in [1.82, 2.24) is 8.75 Å². The molecule has 2 heterocycles. The number of quaternary nitrogens is 1. The van der Waals surface area contributed by atoms with Crippen LogP contribution in [0.25, 0.3) is 5.57 Å². The molecule has 7 nitrogen and oxygen atoms in total. The van der Waals surface area contributed by atoms with Gasteiger partial charge in [-0.2, -0.15) is 4.37 Å². The molecule has 8 heteroatoms. The zero-order valence-corrected chi connectivity index (χ0v) is 22.7. The summed E-state index contributed by atoms with van der Waals surface area (Å²) in [5.74, 6) is 0.629. The Bertz CT molecular complexity index is 739. The van der Waals surface area contributed by atoms with Gasteiger partial charge >= 0.3 is 6.16 Å². The van der Waals surface area contributed by atoms with Crippen LogP contribution >= 0.6 is 11.7 Å². The van der Waals surface area contributed by atoms with Crippen LogP contribution in [0, 0.1) is 0 Å². The first-order chi connectivity index (χ1) is 16.5. The molecule has 2 rings (SSSR count). The Kier molecular flexibility index (Phi) is 13.5. The standard InChI is InChI=1S/C26H46N3O4S/c1-5-7-9-11-12-13-15-20-32-26(30)33-22(3)29(4)18-16-17-23(21-29)24-25(28-34-27-24)31-19-14-10-8-6-2/h17,22H,5-16,18-21H2,1-4H3/q+1/t22-,29?/m0/s1. The van der Waals surface area contributed by atoms with Gasteiger partial charge in [-0.1, -0.05) is 77.7 Å². The molecule has 34 heavy (non-hydrogen) atoms. The Balaban J connectivity index is 1.76. The molecule has 0 amide bonds. The highest BCUT2D eigenvalue weighted by Crippen LogP contribution is 2.31. The molecule has 194 valence electrons. The fraction of sp³-hybridized carbons (Fsp3) is 0.808. The molecule has 2 atom stereocenters. The molecule has 0 fully saturated rings. The van der Waals surface area contributed by atoms with Crippen molar-refractivity contribution >= 4 is 23.5 Å². The van der Waals surface area contributed by atoms with E-state index in [0.29, 0.717) is 30.1 Å². The summed E-state index contributed by atoms with van der Waals surface area (Å²) in [6, 6.07) is 0. The van der Waals surface area contributed by atoms with Gasteiger partial charge in [0.25, 0.3) is 5.88 Å². The molecule has 1 aliphatic heterocycles. The van der Waals surface area contributed by atoms with Gasteiger partial charge in [0.2, 0.25) is 6.23 Å². The first-order valence-corrected chi connectivity index (χ1v) is 14.1. The van der Waals surface area contributed by atoms with Crippen molar-refractivity contribution in [1.29, 1.82) is 0 Å². The van der Waals surface area contributed by atoms with Crippen molar-refractivity contribution in [3.8, 4) is 5.88 Å². The number of aromatic nitrogens is 2. The molecular weight excluding hydrogens is 450 g/mol. The van der Waals surface area contributed by atoms with E-state index in [4.69, 9.17) is 14.2 Å². The molecule has 0 aromatic carbocycles. The predicted molar refractivity (Wildman–Crippen MR) is 138 cm³/mol.